The van der Waals surface area contributed by atoms with E-state index in [1.807, 2.05) is 0 Å². The van der Waals surface area contributed by atoms with Gasteiger partial charge in [-0.15, -0.1) is 13.2 Å². The molecule has 0 bridgehead atoms. The van der Waals surface area contributed by atoms with E-state index < -0.39 is 0 Å². The van der Waals surface area contributed by atoms with Gasteiger partial charge in [-0.1, -0.05) is 12.2 Å². The van der Waals surface area contributed by atoms with E-state index in [0.717, 1.165) is 0 Å². The maximum absolute atomic E-state index is 10.3. The van der Waals surface area contributed by atoms with Gasteiger partial charge < -0.3 is 9.47 Å². The first-order valence-corrected chi connectivity index (χ1v) is 5.15. The van der Waals surface area contributed by atoms with Gasteiger partial charge in [-0.25, -0.2) is 0 Å². The molecular weight excluding hydrogens is 208 g/mol. The molecule has 0 aromatic carbocycles. The molecule has 0 N–H and O–H groups in total. The standard InChI is InChI=1S/2C6H10O2/c2*1-3-5-6(7)8-4-2/h2*3H,1,4-5H2,2H3. The van der Waals surface area contributed by atoms with Crippen molar-refractivity contribution in [3.8, 4) is 0 Å². The molecule has 0 unspecified atom stereocenters. The average Bonchev–Trinajstić information content (AvgIpc) is 2.20. The number of hydrogen-bond donors (Lipinski definition) is 0. The maximum Gasteiger partial charge on any atom is 0.309 e. The van der Waals surface area contributed by atoms with Gasteiger partial charge in [0.25, 0.3) is 0 Å². The molecule has 0 spiro atoms. The van der Waals surface area contributed by atoms with E-state index in [1.165, 1.54) is 12.2 Å². The fourth-order valence-corrected chi connectivity index (χ4v) is 0.676. The monoisotopic (exact) mass is 228 g/mol. The van der Waals surface area contributed by atoms with Crippen LogP contribution in [0.1, 0.15) is 26.7 Å². The topological polar surface area (TPSA) is 52.6 Å². The van der Waals surface area contributed by atoms with E-state index >= 15 is 0 Å². The van der Waals surface area contributed by atoms with Crippen LogP contribution in [0.15, 0.2) is 25.3 Å². The zero-order valence-corrected chi connectivity index (χ0v) is 10.0. The molecule has 0 aliphatic carbocycles. The van der Waals surface area contributed by atoms with Crippen molar-refractivity contribution in [2.45, 2.75) is 26.7 Å². The summed E-state index contributed by atoms with van der Waals surface area (Å²) in [4.78, 5) is 20.7. The lowest BCUT2D eigenvalue weighted by Gasteiger charge is -1.94. The Bertz CT molecular complexity index is 197. The number of ether oxygens (including phenoxy) is 2. The van der Waals surface area contributed by atoms with Crippen LogP contribution in [0.25, 0.3) is 0 Å². The molecular formula is C12H20O4. The lowest BCUT2D eigenvalue weighted by molar-refractivity contribution is -0.143. The zero-order chi connectivity index (χ0) is 12.8. The van der Waals surface area contributed by atoms with Crippen LogP contribution in [0.5, 0.6) is 0 Å². The molecule has 0 amide bonds. The second-order valence-corrected chi connectivity index (χ2v) is 2.60. The SMILES string of the molecule is C=CCC(=O)OCC.C=CCC(=O)OCC. The number of esters is 2. The molecule has 0 aromatic rings. The molecule has 4 nitrogen and oxygen atoms in total. The Morgan fingerprint density at radius 3 is 1.44 bits per heavy atom. The largest absolute Gasteiger partial charge is 0.466 e. The molecule has 0 aliphatic heterocycles. The molecule has 0 fully saturated rings. The third-order valence-corrected chi connectivity index (χ3v) is 1.23. The summed E-state index contributed by atoms with van der Waals surface area (Å²) in [5, 5.41) is 0. The average molecular weight is 228 g/mol. The van der Waals surface area contributed by atoms with Crippen molar-refractivity contribution in [3.05, 3.63) is 25.3 Å². The van der Waals surface area contributed by atoms with Crippen molar-refractivity contribution in [1.29, 1.82) is 0 Å². The highest BCUT2D eigenvalue weighted by Crippen LogP contribution is 1.84. The molecule has 0 rings (SSSR count). The molecule has 0 aromatic heterocycles. The summed E-state index contributed by atoms with van der Waals surface area (Å²) in [6.45, 7) is 11.2. The van der Waals surface area contributed by atoms with E-state index in [-0.39, 0.29) is 11.9 Å². The van der Waals surface area contributed by atoms with Crippen LogP contribution in [0.4, 0.5) is 0 Å². The quantitative estimate of drug-likeness (QED) is 0.517. The van der Waals surface area contributed by atoms with E-state index in [2.05, 4.69) is 22.6 Å². The molecule has 92 valence electrons. The first kappa shape index (κ1) is 16.8. The Kier molecular flexibility index (Phi) is 14.1. The van der Waals surface area contributed by atoms with E-state index in [9.17, 15) is 9.59 Å². The van der Waals surface area contributed by atoms with E-state index in [4.69, 9.17) is 0 Å². The highest BCUT2D eigenvalue weighted by atomic mass is 16.5. The highest BCUT2D eigenvalue weighted by Gasteiger charge is 1.93. The van der Waals surface area contributed by atoms with Crippen molar-refractivity contribution in [2.24, 2.45) is 0 Å². The van der Waals surface area contributed by atoms with E-state index in [1.54, 1.807) is 13.8 Å². The van der Waals surface area contributed by atoms with Crippen LogP contribution in [0.3, 0.4) is 0 Å². The second kappa shape index (κ2) is 13.4. The van der Waals surface area contributed by atoms with Crippen LogP contribution >= 0.6 is 0 Å². The predicted octanol–water partition coefficient (Wildman–Crippen LogP) is 2.25. The fourth-order valence-electron chi connectivity index (χ4n) is 0.676. The first-order valence-electron chi connectivity index (χ1n) is 5.15. The minimum Gasteiger partial charge on any atom is -0.466 e. The van der Waals surface area contributed by atoms with Crippen LogP contribution in [-0.2, 0) is 19.1 Å². The summed E-state index contributed by atoms with van der Waals surface area (Å²) in [5.41, 5.74) is 0. The number of rotatable bonds is 6. The Morgan fingerprint density at radius 2 is 1.25 bits per heavy atom. The molecule has 0 heterocycles. The zero-order valence-electron chi connectivity index (χ0n) is 10.0. The third-order valence-electron chi connectivity index (χ3n) is 1.23. The van der Waals surface area contributed by atoms with Gasteiger partial charge in [0.1, 0.15) is 0 Å². The number of hydrogen-bond acceptors (Lipinski definition) is 4. The Hall–Kier alpha value is -1.58. The fraction of sp³-hybridized carbons (Fsp3) is 0.500. The van der Waals surface area contributed by atoms with Gasteiger partial charge in [0, 0.05) is 0 Å². The molecule has 0 saturated carbocycles. The minimum atomic E-state index is -0.206. The summed E-state index contributed by atoms with van der Waals surface area (Å²) in [6.07, 6.45) is 3.68. The van der Waals surface area contributed by atoms with Gasteiger partial charge in [-0.3, -0.25) is 9.59 Å². The summed E-state index contributed by atoms with van der Waals surface area (Å²) >= 11 is 0. The smallest absolute Gasteiger partial charge is 0.309 e. The van der Waals surface area contributed by atoms with Gasteiger partial charge in [-0.2, -0.15) is 0 Å². The van der Waals surface area contributed by atoms with Gasteiger partial charge in [0.15, 0.2) is 0 Å². The molecule has 0 aliphatic rings. The highest BCUT2D eigenvalue weighted by molar-refractivity contribution is 5.71. The lowest BCUT2D eigenvalue weighted by Crippen LogP contribution is -2.00. The van der Waals surface area contributed by atoms with Crippen LogP contribution < -0.4 is 0 Å². The van der Waals surface area contributed by atoms with Gasteiger partial charge in [-0.05, 0) is 13.8 Å². The van der Waals surface area contributed by atoms with Crippen molar-refractivity contribution in [3.63, 3.8) is 0 Å². The van der Waals surface area contributed by atoms with Gasteiger partial charge in [0.2, 0.25) is 0 Å². The lowest BCUT2D eigenvalue weighted by atomic mass is 10.4. The summed E-state index contributed by atoms with van der Waals surface area (Å²) in [6, 6.07) is 0. The molecule has 0 saturated heterocycles. The molecule has 4 heteroatoms. The normalized spacial score (nSPS) is 8.12. The number of carbonyl (C=O) groups excluding carboxylic acids is 2. The summed E-state index contributed by atoms with van der Waals surface area (Å²) in [5.74, 6) is -0.412. The molecule has 0 radical (unpaired) electrons. The summed E-state index contributed by atoms with van der Waals surface area (Å²) in [7, 11) is 0. The van der Waals surface area contributed by atoms with Crippen molar-refractivity contribution < 1.29 is 19.1 Å². The first-order chi connectivity index (χ1) is 7.62. The predicted molar refractivity (Wildman–Crippen MR) is 62.9 cm³/mol. The summed E-state index contributed by atoms with van der Waals surface area (Å²) < 4.78 is 9.14. The third kappa shape index (κ3) is 14.9. The second-order valence-electron chi connectivity index (χ2n) is 2.60. The van der Waals surface area contributed by atoms with E-state index in [0.29, 0.717) is 26.1 Å². The maximum atomic E-state index is 10.3. The molecule has 16 heavy (non-hydrogen) atoms. The van der Waals surface area contributed by atoms with Crippen molar-refractivity contribution in [1.82, 2.24) is 0 Å². The Labute approximate surface area is 96.9 Å². The van der Waals surface area contributed by atoms with Crippen LogP contribution in [-0.4, -0.2) is 25.2 Å². The Balaban J connectivity index is 0. The van der Waals surface area contributed by atoms with Crippen molar-refractivity contribution >= 4 is 11.9 Å². The van der Waals surface area contributed by atoms with Crippen LogP contribution in [0, 0.1) is 0 Å². The minimum absolute atomic E-state index is 0.206. The van der Waals surface area contributed by atoms with Crippen LogP contribution in [0.2, 0.25) is 0 Å². The van der Waals surface area contributed by atoms with Crippen molar-refractivity contribution in [2.75, 3.05) is 13.2 Å². The number of carbonyl (C=O) groups is 2. The van der Waals surface area contributed by atoms with Gasteiger partial charge >= 0.3 is 11.9 Å². The molecule has 0 atom stereocenters. The van der Waals surface area contributed by atoms with Gasteiger partial charge in [0.05, 0.1) is 26.1 Å². The Morgan fingerprint density at radius 1 is 0.938 bits per heavy atom.